The van der Waals surface area contributed by atoms with E-state index in [4.69, 9.17) is 4.74 Å². The molecule has 2 heterocycles. The zero-order chi connectivity index (χ0) is 16.1. The summed E-state index contributed by atoms with van der Waals surface area (Å²) in [6.07, 6.45) is 2.72. The molecule has 1 aliphatic rings. The highest BCUT2D eigenvalue weighted by atomic mass is 32.1. The first-order valence-corrected chi connectivity index (χ1v) is 8.46. The van der Waals surface area contributed by atoms with E-state index in [0.717, 1.165) is 30.9 Å². The molecule has 23 heavy (non-hydrogen) atoms. The van der Waals surface area contributed by atoms with Gasteiger partial charge in [0.1, 0.15) is 5.75 Å². The van der Waals surface area contributed by atoms with E-state index in [1.54, 1.807) is 13.3 Å². The van der Waals surface area contributed by atoms with Crippen LogP contribution in [0.3, 0.4) is 0 Å². The Bertz CT molecular complexity index is 647. The van der Waals surface area contributed by atoms with E-state index in [0.29, 0.717) is 17.6 Å². The Morgan fingerprint density at radius 3 is 3.13 bits per heavy atom. The standard InChI is InChI=1S/C16H20N4O2S/c1-22-14-5-3-2-4-13(14)20-8-6-12(11-20)10-18-15(21)19-16-17-7-9-23-16/h2-5,7,9,12H,6,8,10-11H2,1H3,(H2,17,18,19,21). The predicted octanol–water partition coefficient (Wildman–Crippen LogP) is 2.80. The van der Waals surface area contributed by atoms with E-state index in [-0.39, 0.29) is 6.03 Å². The van der Waals surface area contributed by atoms with Crippen molar-refractivity contribution in [2.75, 3.05) is 37.0 Å². The lowest BCUT2D eigenvalue weighted by molar-refractivity contribution is 0.250. The molecule has 0 aliphatic carbocycles. The third-order valence-corrected chi connectivity index (χ3v) is 4.60. The molecular formula is C16H20N4O2S. The third-order valence-electron chi connectivity index (χ3n) is 3.92. The number of thiazole rings is 1. The summed E-state index contributed by atoms with van der Waals surface area (Å²) in [5.41, 5.74) is 1.12. The first kappa shape index (κ1) is 15.6. The molecule has 2 aromatic rings. The predicted molar refractivity (Wildman–Crippen MR) is 92.4 cm³/mol. The van der Waals surface area contributed by atoms with E-state index in [9.17, 15) is 4.79 Å². The van der Waals surface area contributed by atoms with Crippen LogP contribution in [0.1, 0.15) is 6.42 Å². The summed E-state index contributed by atoms with van der Waals surface area (Å²) in [6.45, 7) is 2.54. The van der Waals surface area contributed by atoms with Crippen molar-refractivity contribution < 1.29 is 9.53 Å². The molecule has 1 fully saturated rings. The minimum absolute atomic E-state index is 0.198. The minimum atomic E-state index is -0.198. The van der Waals surface area contributed by atoms with E-state index in [1.165, 1.54) is 11.3 Å². The third kappa shape index (κ3) is 3.92. The summed E-state index contributed by atoms with van der Waals surface area (Å²) in [6, 6.07) is 7.84. The molecule has 1 aromatic carbocycles. The number of para-hydroxylation sites is 2. The van der Waals surface area contributed by atoms with Gasteiger partial charge in [0.25, 0.3) is 0 Å². The number of anilines is 2. The van der Waals surface area contributed by atoms with Crippen LogP contribution >= 0.6 is 11.3 Å². The Hall–Kier alpha value is -2.28. The Kier molecular flexibility index (Phi) is 4.97. The van der Waals surface area contributed by atoms with Crippen molar-refractivity contribution in [3.05, 3.63) is 35.8 Å². The number of carbonyl (C=O) groups is 1. The van der Waals surface area contributed by atoms with Crippen molar-refractivity contribution in [3.63, 3.8) is 0 Å². The maximum absolute atomic E-state index is 11.8. The number of benzene rings is 1. The first-order valence-electron chi connectivity index (χ1n) is 7.58. The largest absolute Gasteiger partial charge is 0.495 e. The van der Waals surface area contributed by atoms with Crippen LogP contribution < -0.4 is 20.3 Å². The average molecular weight is 332 g/mol. The smallest absolute Gasteiger partial charge is 0.321 e. The molecule has 0 saturated carbocycles. The number of hydrogen-bond acceptors (Lipinski definition) is 5. The zero-order valence-electron chi connectivity index (χ0n) is 13.0. The fraction of sp³-hybridized carbons (Fsp3) is 0.375. The van der Waals surface area contributed by atoms with Gasteiger partial charge in [-0.3, -0.25) is 5.32 Å². The second-order valence-electron chi connectivity index (χ2n) is 5.44. The second-order valence-corrected chi connectivity index (χ2v) is 6.34. The van der Waals surface area contributed by atoms with Crippen LogP contribution in [0.2, 0.25) is 0 Å². The molecule has 2 amide bonds. The molecule has 0 bridgehead atoms. The summed E-state index contributed by atoms with van der Waals surface area (Å²) < 4.78 is 5.42. The number of ether oxygens (including phenoxy) is 1. The maximum atomic E-state index is 11.8. The number of rotatable bonds is 5. The topological polar surface area (TPSA) is 66.5 Å². The van der Waals surface area contributed by atoms with Gasteiger partial charge in [0.15, 0.2) is 5.13 Å². The molecule has 1 saturated heterocycles. The van der Waals surface area contributed by atoms with Gasteiger partial charge in [-0.05, 0) is 24.5 Å². The lowest BCUT2D eigenvalue weighted by Gasteiger charge is -2.21. The Balaban J connectivity index is 1.49. The average Bonchev–Trinajstić information content (AvgIpc) is 3.24. The van der Waals surface area contributed by atoms with Crippen LogP contribution in [0.4, 0.5) is 15.6 Å². The van der Waals surface area contributed by atoms with Crippen LogP contribution in [-0.2, 0) is 0 Å². The molecule has 1 unspecified atom stereocenters. The number of aromatic nitrogens is 1. The highest BCUT2D eigenvalue weighted by Crippen LogP contribution is 2.31. The number of urea groups is 1. The fourth-order valence-corrected chi connectivity index (χ4v) is 3.30. The number of nitrogens with one attached hydrogen (secondary N) is 2. The van der Waals surface area contributed by atoms with Gasteiger partial charge in [-0.2, -0.15) is 0 Å². The summed E-state index contributed by atoms with van der Waals surface area (Å²) in [5.74, 6) is 1.32. The van der Waals surface area contributed by atoms with Crippen molar-refractivity contribution in [1.29, 1.82) is 0 Å². The molecule has 3 rings (SSSR count). The molecule has 0 radical (unpaired) electrons. The van der Waals surface area contributed by atoms with Crippen LogP contribution in [0.15, 0.2) is 35.8 Å². The van der Waals surface area contributed by atoms with Crippen molar-refractivity contribution in [2.24, 2.45) is 5.92 Å². The van der Waals surface area contributed by atoms with Gasteiger partial charge in [0, 0.05) is 31.2 Å². The molecule has 2 N–H and O–H groups in total. The molecule has 1 aliphatic heterocycles. The Morgan fingerprint density at radius 2 is 2.35 bits per heavy atom. The molecule has 7 heteroatoms. The molecule has 0 spiro atoms. The maximum Gasteiger partial charge on any atom is 0.321 e. The molecule has 1 atom stereocenters. The van der Waals surface area contributed by atoms with Crippen molar-refractivity contribution in [3.8, 4) is 5.75 Å². The highest BCUT2D eigenvalue weighted by Gasteiger charge is 2.24. The van der Waals surface area contributed by atoms with Crippen LogP contribution in [0.5, 0.6) is 5.75 Å². The number of carbonyl (C=O) groups excluding carboxylic acids is 1. The van der Waals surface area contributed by atoms with E-state index < -0.39 is 0 Å². The first-order chi connectivity index (χ1) is 11.3. The summed E-state index contributed by atoms with van der Waals surface area (Å²) in [4.78, 5) is 18.2. The zero-order valence-corrected chi connectivity index (χ0v) is 13.8. The summed E-state index contributed by atoms with van der Waals surface area (Å²) in [5, 5.41) is 8.10. The SMILES string of the molecule is COc1ccccc1N1CCC(CNC(=O)Nc2nccs2)C1. The lowest BCUT2D eigenvalue weighted by Crippen LogP contribution is -2.34. The van der Waals surface area contributed by atoms with Gasteiger partial charge in [-0.25, -0.2) is 9.78 Å². The second kappa shape index (κ2) is 7.32. The number of nitrogens with zero attached hydrogens (tertiary/aromatic N) is 2. The van der Waals surface area contributed by atoms with Gasteiger partial charge in [-0.15, -0.1) is 11.3 Å². The van der Waals surface area contributed by atoms with Crippen LogP contribution in [0.25, 0.3) is 0 Å². The van der Waals surface area contributed by atoms with Crippen LogP contribution in [0, 0.1) is 5.92 Å². The Labute approximate surface area is 139 Å². The summed E-state index contributed by atoms with van der Waals surface area (Å²) >= 11 is 1.41. The van der Waals surface area contributed by atoms with Crippen molar-refractivity contribution in [2.45, 2.75) is 6.42 Å². The van der Waals surface area contributed by atoms with Crippen LogP contribution in [-0.4, -0.2) is 37.8 Å². The minimum Gasteiger partial charge on any atom is -0.495 e. The number of hydrogen-bond donors (Lipinski definition) is 2. The highest BCUT2D eigenvalue weighted by molar-refractivity contribution is 7.13. The molecule has 122 valence electrons. The van der Waals surface area contributed by atoms with Gasteiger partial charge < -0.3 is 15.0 Å². The van der Waals surface area contributed by atoms with Gasteiger partial charge in [-0.1, -0.05) is 12.1 Å². The number of methoxy groups -OCH3 is 1. The quantitative estimate of drug-likeness (QED) is 0.883. The molecule has 1 aromatic heterocycles. The summed E-state index contributed by atoms with van der Waals surface area (Å²) in [7, 11) is 1.69. The normalized spacial score (nSPS) is 17.1. The monoisotopic (exact) mass is 332 g/mol. The Morgan fingerprint density at radius 1 is 1.48 bits per heavy atom. The molecular weight excluding hydrogens is 312 g/mol. The van der Waals surface area contributed by atoms with Crippen molar-refractivity contribution in [1.82, 2.24) is 10.3 Å². The van der Waals surface area contributed by atoms with E-state index >= 15 is 0 Å². The lowest BCUT2D eigenvalue weighted by atomic mass is 10.1. The van der Waals surface area contributed by atoms with Gasteiger partial charge in [0.05, 0.1) is 12.8 Å². The van der Waals surface area contributed by atoms with Gasteiger partial charge in [0.2, 0.25) is 0 Å². The number of amides is 2. The van der Waals surface area contributed by atoms with Crippen molar-refractivity contribution >= 4 is 28.2 Å². The van der Waals surface area contributed by atoms with E-state index in [2.05, 4.69) is 26.6 Å². The molecule has 6 nitrogen and oxygen atoms in total. The van der Waals surface area contributed by atoms with Gasteiger partial charge >= 0.3 is 6.03 Å². The van der Waals surface area contributed by atoms with E-state index in [1.807, 2.05) is 23.6 Å². The fourth-order valence-electron chi connectivity index (χ4n) is 2.77.